The van der Waals surface area contributed by atoms with Crippen LogP contribution in [0.5, 0.6) is 5.75 Å². The van der Waals surface area contributed by atoms with E-state index < -0.39 is 26.9 Å². The molecule has 31 heavy (non-hydrogen) atoms. The van der Waals surface area contributed by atoms with E-state index >= 15 is 0 Å². The molecule has 9 nitrogen and oxygen atoms in total. The van der Waals surface area contributed by atoms with Crippen molar-refractivity contribution in [3.63, 3.8) is 0 Å². The number of aliphatic hydroxyl groups excluding tert-OH is 1. The van der Waals surface area contributed by atoms with Gasteiger partial charge in [-0.25, -0.2) is 8.42 Å². The normalized spacial score (nSPS) is 19.5. The molecule has 0 bridgehead atoms. The smallest absolute Gasteiger partial charge is 0.204 e. The number of aryl methyl sites for hydroxylation is 2. The van der Waals surface area contributed by atoms with Gasteiger partial charge in [0, 0.05) is 6.61 Å². The van der Waals surface area contributed by atoms with Crippen molar-refractivity contribution < 1.29 is 27.4 Å². The van der Waals surface area contributed by atoms with Crippen LogP contribution in [0.3, 0.4) is 0 Å². The van der Waals surface area contributed by atoms with Crippen molar-refractivity contribution >= 4 is 9.84 Å². The van der Waals surface area contributed by atoms with Crippen LogP contribution in [0.4, 0.5) is 0 Å². The molecule has 3 aromatic rings. The molecule has 0 aliphatic carbocycles. The zero-order valence-electron chi connectivity index (χ0n) is 17.6. The van der Waals surface area contributed by atoms with E-state index in [1.54, 1.807) is 29.9 Å². The summed E-state index contributed by atoms with van der Waals surface area (Å²) >= 11 is 0. The maximum atomic E-state index is 13.2. The molecular formula is C21H25N3O6S. The van der Waals surface area contributed by atoms with Crippen LogP contribution in [0.2, 0.25) is 0 Å². The fraction of sp³-hybridized carbons (Fsp3) is 0.429. The van der Waals surface area contributed by atoms with Gasteiger partial charge in [-0.15, -0.1) is 10.2 Å². The number of hydrogen-bond donors (Lipinski definition) is 1. The number of hydrogen-bond acceptors (Lipinski definition) is 8. The van der Waals surface area contributed by atoms with E-state index in [1.165, 1.54) is 0 Å². The number of methoxy groups -OCH3 is 1. The molecule has 4 rings (SSSR count). The molecule has 3 heterocycles. The van der Waals surface area contributed by atoms with Crippen molar-refractivity contribution in [2.75, 3.05) is 20.3 Å². The second-order valence-corrected chi connectivity index (χ2v) is 9.81. The number of aromatic nitrogens is 3. The third kappa shape index (κ3) is 4.10. The van der Waals surface area contributed by atoms with E-state index in [0.29, 0.717) is 35.4 Å². The minimum atomic E-state index is -3.78. The fourth-order valence-corrected chi connectivity index (χ4v) is 5.45. The van der Waals surface area contributed by atoms with Crippen molar-refractivity contribution in [3.05, 3.63) is 47.5 Å². The van der Waals surface area contributed by atoms with E-state index in [9.17, 15) is 13.5 Å². The summed E-state index contributed by atoms with van der Waals surface area (Å²) in [7, 11) is -2.23. The molecular weight excluding hydrogens is 422 g/mol. The highest BCUT2D eigenvalue weighted by Gasteiger charge is 2.37. The molecule has 1 aliphatic heterocycles. The third-order valence-electron chi connectivity index (χ3n) is 5.40. The lowest BCUT2D eigenvalue weighted by molar-refractivity contribution is 0.0175. The molecule has 0 unspecified atom stereocenters. The summed E-state index contributed by atoms with van der Waals surface area (Å²) in [5.74, 6) is 1.85. The summed E-state index contributed by atoms with van der Waals surface area (Å²) in [5.41, 5.74) is 1.48. The Balaban J connectivity index is 1.86. The summed E-state index contributed by atoms with van der Waals surface area (Å²) < 4.78 is 44.6. The molecule has 10 heteroatoms. The molecule has 166 valence electrons. The number of nitrogens with zero attached hydrogens (tertiary/aromatic N) is 3. The second kappa shape index (κ2) is 8.45. The highest BCUT2D eigenvalue weighted by molar-refractivity contribution is 7.91. The third-order valence-corrected chi connectivity index (χ3v) is 7.43. The van der Waals surface area contributed by atoms with E-state index in [0.717, 1.165) is 5.56 Å². The highest BCUT2D eigenvalue weighted by atomic mass is 32.2. The number of furan rings is 1. The van der Waals surface area contributed by atoms with Gasteiger partial charge in [-0.2, -0.15) is 0 Å². The number of rotatable bonds is 6. The number of sulfone groups is 1. The van der Waals surface area contributed by atoms with E-state index in [1.807, 2.05) is 26.0 Å². The van der Waals surface area contributed by atoms with Crippen molar-refractivity contribution in [1.29, 1.82) is 0 Å². The Bertz CT molecular complexity index is 1180. The van der Waals surface area contributed by atoms with Crippen LogP contribution in [0.1, 0.15) is 23.6 Å². The first kappa shape index (κ1) is 21.5. The molecule has 0 spiro atoms. The van der Waals surface area contributed by atoms with E-state index in [4.69, 9.17) is 13.9 Å². The maximum Gasteiger partial charge on any atom is 0.204 e. The van der Waals surface area contributed by atoms with Crippen LogP contribution < -0.4 is 4.74 Å². The van der Waals surface area contributed by atoms with Crippen molar-refractivity contribution in [1.82, 2.24) is 14.8 Å². The minimum Gasteiger partial charge on any atom is -0.495 e. The first-order valence-corrected chi connectivity index (χ1v) is 11.7. The molecule has 1 aromatic carbocycles. The van der Waals surface area contributed by atoms with Gasteiger partial charge in [0.15, 0.2) is 21.4 Å². The largest absolute Gasteiger partial charge is 0.495 e. The predicted molar refractivity (Wildman–Crippen MR) is 113 cm³/mol. The Hall–Kier alpha value is -2.69. The Kier molecular flexibility index (Phi) is 5.87. The topological polar surface area (TPSA) is 117 Å². The Morgan fingerprint density at radius 3 is 2.71 bits per heavy atom. The standard InChI is InChI=1S/C21H25N3O6S/c1-13-5-4-6-16(28-3)20(13)24-19(22-23-21(24)17-8-7-14(2)30-17)12-31(26,27)18-11-29-10-9-15(18)25/h4-8,15,18,25H,9-12H2,1-3H3/t15-,18+/m0/s1. The van der Waals surface area contributed by atoms with Gasteiger partial charge in [-0.05, 0) is 44.0 Å². The molecule has 2 atom stereocenters. The van der Waals surface area contributed by atoms with Gasteiger partial charge in [0.25, 0.3) is 0 Å². The monoisotopic (exact) mass is 447 g/mol. The second-order valence-electron chi connectivity index (χ2n) is 7.59. The van der Waals surface area contributed by atoms with Gasteiger partial charge in [0.1, 0.15) is 22.5 Å². The van der Waals surface area contributed by atoms with Crippen molar-refractivity contribution in [3.8, 4) is 23.0 Å². The summed E-state index contributed by atoms with van der Waals surface area (Å²) in [6.07, 6.45) is -0.700. The first-order valence-electron chi connectivity index (χ1n) is 9.94. The first-order chi connectivity index (χ1) is 14.8. The summed E-state index contributed by atoms with van der Waals surface area (Å²) in [4.78, 5) is 0. The van der Waals surface area contributed by atoms with Gasteiger partial charge < -0.3 is 19.0 Å². The molecule has 1 saturated heterocycles. The summed E-state index contributed by atoms with van der Waals surface area (Å²) in [6, 6.07) is 9.10. The van der Waals surface area contributed by atoms with Crippen LogP contribution in [-0.4, -0.2) is 60.0 Å². The lowest BCUT2D eigenvalue weighted by atomic mass is 10.1. The van der Waals surface area contributed by atoms with Crippen molar-refractivity contribution in [2.24, 2.45) is 0 Å². The quantitative estimate of drug-likeness (QED) is 0.611. The fourth-order valence-electron chi connectivity index (χ4n) is 3.77. The van der Waals surface area contributed by atoms with E-state index in [2.05, 4.69) is 10.2 Å². The van der Waals surface area contributed by atoms with Gasteiger partial charge >= 0.3 is 0 Å². The van der Waals surface area contributed by atoms with Gasteiger partial charge in [0.05, 0.1) is 25.5 Å². The van der Waals surface area contributed by atoms with E-state index in [-0.39, 0.29) is 18.9 Å². The Morgan fingerprint density at radius 1 is 1.23 bits per heavy atom. The average molecular weight is 448 g/mol. The van der Waals surface area contributed by atoms with Crippen LogP contribution in [0.25, 0.3) is 17.3 Å². The Morgan fingerprint density at radius 2 is 2.03 bits per heavy atom. The molecule has 0 saturated carbocycles. The Labute approximate surface area is 180 Å². The minimum absolute atomic E-state index is 0.0461. The van der Waals surface area contributed by atoms with Crippen LogP contribution in [-0.2, 0) is 20.3 Å². The van der Waals surface area contributed by atoms with Crippen LogP contribution in [0, 0.1) is 13.8 Å². The molecule has 0 amide bonds. The van der Waals surface area contributed by atoms with Crippen LogP contribution in [0.15, 0.2) is 34.7 Å². The number of aliphatic hydroxyl groups is 1. The molecule has 1 N–H and O–H groups in total. The zero-order valence-corrected chi connectivity index (χ0v) is 18.4. The van der Waals surface area contributed by atoms with Gasteiger partial charge in [0.2, 0.25) is 5.82 Å². The average Bonchev–Trinajstić information content (AvgIpc) is 3.33. The molecule has 0 radical (unpaired) electrons. The zero-order chi connectivity index (χ0) is 22.2. The SMILES string of the molecule is COc1cccc(C)c1-n1c(CS(=O)(=O)[C@@H]2COCC[C@@H]2O)nnc1-c1ccc(C)o1. The number of ether oxygens (including phenoxy) is 2. The van der Waals surface area contributed by atoms with Gasteiger partial charge in [-0.3, -0.25) is 4.57 Å². The van der Waals surface area contributed by atoms with Gasteiger partial charge in [-0.1, -0.05) is 12.1 Å². The van der Waals surface area contributed by atoms with Crippen LogP contribution >= 0.6 is 0 Å². The molecule has 1 fully saturated rings. The highest BCUT2D eigenvalue weighted by Crippen LogP contribution is 2.33. The lowest BCUT2D eigenvalue weighted by Gasteiger charge is -2.27. The lowest BCUT2D eigenvalue weighted by Crippen LogP contribution is -2.43. The predicted octanol–water partition coefficient (Wildman–Crippen LogP) is 2.22. The maximum absolute atomic E-state index is 13.2. The molecule has 1 aliphatic rings. The molecule has 2 aromatic heterocycles. The summed E-state index contributed by atoms with van der Waals surface area (Å²) in [6.45, 7) is 4.00. The number of para-hydroxylation sites is 1. The number of benzene rings is 1. The van der Waals surface area contributed by atoms with Crippen molar-refractivity contribution in [2.45, 2.75) is 37.4 Å². The summed E-state index contributed by atoms with van der Waals surface area (Å²) in [5, 5.41) is 17.7.